The van der Waals surface area contributed by atoms with Gasteiger partial charge in [0, 0.05) is 28.4 Å². The van der Waals surface area contributed by atoms with Crippen LogP contribution in [-0.2, 0) is 4.74 Å². The van der Waals surface area contributed by atoms with E-state index in [0.29, 0.717) is 44.0 Å². The zero-order valence-corrected chi connectivity index (χ0v) is 20.1. The van der Waals surface area contributed by atoms with Crippen LogP contribution in [-0.4, -0.2) is 12.6 Å². The minimum absolute atomic E-state index is 0.262. The van der Waals surface area contributed by atoms with Gasteiger partial charge in [0.2, 0.25) is 0 Å². The smallest absolute Gasteiger partial charge is 0.338 e. The number of esters is 1. The molecule has 0 saturated heterocycles. The van der Waals surface area contributed by atoms with Crippen molar-refractivity contribution < 1.29 is 14.3 Å². The minimum atomic E-state index is -0.331. The van der Waals surface area contributed by atoms with Crippen LogP contribution in [0.3, 0.4) is 0 Å². The molecule has 3 aromatic carbocycles. The van der Waals surface area contributed by atoms with Crippen molar-refractivity contribution in [3.63, 3.8) is 0 Å². The quantitative estimate of drug-likeness (QED) is 0.167. The van der Waals surface area contributed by atoms with Gasteiger partial charge in [0.1, 0.15) is 11.5 Å². The number of anilines is 2. The molecule has 0 spiro atoms. The minimum Gasteiger partial charge on any atom is -0.462 e. The van der Waals surface area contributed by atoms with Gasteiger partial charge >= 0.3 is 5.97 Å². The first-order chi connectivity index (χ1) is 14.9. The number of hydrogen-bond donors (Lipinski definition) is 2. The Morgan fingerprint density at radius 2 is 1.52 bits per heavy atom. The van der Waals surface area contributed by atoms with Crippen LogP contribution < -0.4 is 16.2 Å². The number of ether oxygens (including phenoxy) is 2. The number of hydrogen-bond acceptors (Lipinski definition) is 5. The van der Waals surface area contributed by atoms with Crippen LogP contribution >= 0.6 is 31.9 Å². The lowest BCUT2D eigenvalue weighted by Crippen LogP contribution is -2.17. The maximum absolute atomic E-state index is 12.9. The van der Waals surface area contributed by atoms with E-state index in [1.165, 1.54) is 0 Å². The number of halogens is 2. The van der Waals surface area contributed by atoms with E-state index >= 15 is 0 Å². The molecule has 4 rings (SSSR count). The van der Waals surface area contributed by atoms with Crippen molar-refractivity contribution in [3.05, 3.63) is 79.7 Å². The highest BCUT2D eigenvalue weighted by Gasteiger charge is 2.34. The van der Waals surface area contributed by atoms with E-state index in [0.717, 1.165) is 29.5 Å². The van der Waals surface area contributed by atoms with Crippen molar-refractivity contribution in [2.75, 3.05) is 18.1 Å². The zero-order valence-electron chi connectivity index (χ0n) is 17.0. The Balaban J connectivity index is 1.92. The van der Waals surface area contributed by atoms with E-state index in [1.54, 1.807) is 6.07 Å². The second-order valence-electron chi connectivity index (χ2n) is 7.39. The molecule has 0 aliphatic carbocycles. The third-order valence-electron chi connectivity index (χ3n) is 5.36. The summed E-state index contributed by atoms with van der Waals surface area (Å²) in [4.78, 5) is 12.9. The van der Waals surface area contributed by atoms with Gasteiger partial charge in [-0.2, -0.15) is 0 Å². The largest absolute Gasteiger partial charge is 0.462 e. The number of benzene rings is 3. The zero-order chi connectivity index (χ0) is 22.1. The first-order valence-corrected chi connectivity index (χ1v) is 11.6. The van der Waals surface area contributed by atoms with E-state index in [-0.39, 0.29) is 11.9 Å². The van der Waals surface area contributed by atoms with E-state index in [9.17, 15) is 4.79 Å². The molecule has 1 aliphatic rings. The van der Waals surface area contributed by atoms with E-state index in [4.69, 9.17) is 20.9 Å². The fourth-order valence-corrected chi connectivity index (χ4v) is 4.64. The number of fused-ring (bicyclic) bond motifs is 2. The topological polar surface area (TPSA) is 87.6 Å². The Labute approximate surface area is 198 Å². The molecule has 0 saturated carbocycles. The summed E-state index contributed by atoms with van der Waals surface area (Å²) < 4.78 is 13.1. The molecule has 0 atom stereocenters. The monoisotopic (exact) mass is 544 g/mol. The third-order valence-corrected chi connectivity index (χ3v) is 7.00. The van der Waals surface area contributed by atoms with E-state index in [2.05, 4.69) is 38.8 Å². The summed E-state index contributed by atoms with van der Waals surface area (Å²) in [6.07, 6.45) is 1.79. The second kappa shape index (κ2) is 8.93. The standard InChI is InChI=1S/C24H22Br2N2O3/c1-2-3-12-30-24(29)14-7-5-4-6-13(14)19-15-8-10-17(27)20(25)22(15)31-23-16(19)9-11-18(28)21(23)26/h4-11,19H,2-3,12,27-28H2,1H3. The van der Waals surface area contributed by atoms with Gasteiger partial charge in [-0.15, -0.1) is 0 Å². The molecule has 5 nitrogen and oxygen atoms in total. The molecular formula is C24H22Br2N2O3. The van der Waals surface area contributed by atoms with Crippen molar-refractivity contribution in [1.29, 1.82) is 0 Å². The normalized spacial score (nSPS) is 12.6. The SMILES string of the molecule is CCCCOC(=O)c1ccccc1C1c2ccc(N)c(Br)c2Oc2c1ccc(N)c2Br. The average molecular weight is 546 g/mol. The Hall–Kier alpha value is -2.51. The Morgan fingerprint density at radius 3 is 2.10 bits per heavy atom. The highest BCUT2D eigenvalue weighted by Crippen LogP contribution is 2.54. The molecule has 0 amide bonds. The molecule has 1 aliphatic heterocycles. The van der Waals surface area contributed by atoms with Crippen LogP contribution in [0.25, 0.3) is 0 Å². The molecule has 31 heavy (non-hydrogen) atoms. The summed E-state index contributed by atoms with van der Waals surface area (Å²) in [7, 11) is 0. The molecule has 7 heteroatoms. The molecule has 0 unspecified atom stereocenters. The fourth-order valence-electron chi connectivity index (χ4n) is 3.76. The summed E-state index contributed by atoms with van der Waals surface area (Å²) in [5.41, 5.74) is 16.5. The van der Waals surface area contributed by atoms with E-state index < -0.39 is 0 Å². The number of carbonyl (C=O) groups is 1. The van der Waals surface area contributed by atoms with Crippen LogP contribution in [0.5, 0.6) is 11.5 Å². The summed E-state index contributed by atoms with van der Waals surface area (Å²) in [6.45, 7) is 2.46. The number of rotatable bonds is 5. The number of carbonyl (C=O) groups excluding carboxylic acids is 1. The molecule has 4 N–H and O–H groups in total. The first-order valence-electron chi connectivity index (χ1n) is 10.0. The van der Waals surface area contributed by atoms with Crippen molar-refractivity contribution in [1.82, 2.24) is 0 Å². The summed E-state index contributed by atoms with van der Waals surface area (Å²) >= 11 is 7.12. The van der Waals surface area contributed by atoms with Gasteiger partial charge in [-0.1, -0.05) is 43.7 Å². The Bertz CT molecular complexity index is 1110. The van der Waals surface area contributed by atoms with Gasteiger partial charge in [-0.3, -0.25) is 0 Å². The molecule has 160 valence electrons. The highest BCUT2D eigenvalue weighted by atomic mass is 79.9. The van der Waals surface area contributed by atoms with Gasteiger partial charge in [-0.05, 0) is 62.0 Å². The summed E-state index contributed by atoms with van der Waals surface area (Å²) in [5, 5.41) is 0. The molecule has 0 bridgehead atoms. The van der Waals surface area contributed by atoms with Crippen LogP contribution in [0.2, 0.25) is 0 Å². The molecule has 0 fully saturated rings. The van der Waals surface area contributed by atoms with Gasteiger partial charge < -0.3 is 20.9 Å². The maximum atomic E-state index is 12.9. The average Bonchev–Trinajstić information content (AvgIpc) is 2.78. The summed E-state index contributed by atoms with van der Waals surface area (Å²) in [6, 6.07) is 15.1. The molecule has 0 radical (unpaired) electrons. The first kappa shape index (κ1) is 21.7. The van der Waals surface area contributed by atoms with Crippen molar-refractivity contribution in [2.24, 2.45) is 0 Å². The van der Waals surface area contributed by atoms with Gasteiger partial charge in [0.15, 0.2) is 0 Å². The maximum Gasteiger partial charge on any atom is 0.338 e. The van der Waals surface area contributed by atoms with Crippen LogP contribution in [0.1, 0.15) is 52.7 Å². The Morgan fingerprint density at radius 1 is 0.935 bits per heavy atom. The lowest BCUT2D eigenvalue weighted by Gasteiger charge is -2.31. The van der Waals surface area contributed by atoms with Crippen LogP contribution in [0.4, 0.5) is 11.4 Å². The highest BCUT2D eigenvalue weighted by molar-refractivity contribution is 9.11. The van der Waals surface area contributed by atoms with Crippen molar-refractivity contribution in [3.8, 4) is 11.5 Å². The van der Waals surface area contributed by atoms with E-state index in [1.807, 2.05) is 42.5 Å². The lowest BCUT2D eigenvalue weighted by molar-refractivity contribution is 0.0498. The van der Waals surface area contributed by atoms with Crippen molar-refractivity contribution >= 4 is 49.2 Å². The number of unbranched alkanes of at least 4 members (excludes halogenated alkanes) is 1. The van der Waals surface area contributed by atoms with Gasteiger partial charge in [0.05, 0.1) is 21.1 Å². The molecule has 1 heterocycles. The molecule has 3 aromatic rings. The molecular weight excluding hydrogens is 524 g/mol. The van der Waals surface area contributed by atoms with Crippen molar-refractivity contribution in [2.45, 2.75) is 25.7 Å². The number of nitrogen functional groups attached to an aromatic ring is 2. The van der Waals surface area contributed by atoms with Crippen LogP contribution in [0.15, 0.2) is 57.5 Å². The predicted molar refractivity (Wildman–Crippen MR) is 130 cm³/mol. The third kappa shape index (κ3) is 3.92. The Kier molecular flexibility index (Phi) is 6.25. The van der Waals surface area contributed by atoms with Crippen LogP contribution in [0, 0.1) is 0 Å². The van der Waals surface area contributed by atoms with Gasteiger partial charge in [0.25, 0.3) is 0 Å². The lowest BCUT2D eigenvalue weighted by atomic mass is 9.80. The fraction of sp³-hybridized carbons (Fsp3) is 0.208. The predicted octanol–water partition coefficient (Wildman–Crippen LogP) is 6.62. The summed E-state index contributed by atoms with van der Waals surface area (Å²) in [5.74, 6) is 0.626. The molecule has 0 aromatic heterocycles. The number of nitrogens with two attached hydrogens (primary N) is 2. The second-order valence-corrected chi connectivity index (χ2v) is 8.97. The van der Waals surface area contributed by atoms with Gasteiger partial charge in [-0.25, -0.2) is 4.79 Å².